The van der Waals surface area contributed by atoms with Crippen LogP contribution in [-0.4, -0.2) is 26.0 Å². The number of nitrogens with two attached hydrogens (primary N) is 1. The van der Waals surface area contributed by atoms with E-state index in [1.807, 2.05) is 31.2 Å². The van der Waals surface area contributed by atoms with Gasteiger partial charge in [0.25, 0.3) is 0 Å². The topological polar surface area (TPSA) is 69.4 Å². The van der Waals surface area contributed by atoms with Crippen molar-refractivity contribution in [2.75, 3.05) is 6.26 Å². The molecule has 1 aromatic rings. The monoisotopic (exact) mass is 297 g/mol. The van der Waals surface area contributed by atoms with Crippen LogP contribution in [0.1, 0.15) is 44.2 Å². The van der Waals surface area contributed by atoms with Crippen LogP contribution >= 0.6 is 0 Å². The largest absolute Gasteiger partial charge is 0.490 e. The molecule has 5 heteroatoms. The third-order valence-corrected chi connectivity index (χ3v) is 5.53. The van der Waals surface area contributed by atoms with Crippen LogP contribution in [-0.2, 0) is 9.84 Å². The van der Waals surface area contributed by atoms with Crippen LogP contribution in [0.4, 0.5) is 0 Å². The Morgan fingerprint density at radius 2 is 2.00 bits per heavy atom. The minimum absolute atomic E-state index is 0.0385. The lowest BCUT2D eigenvalue weighted by atomic mass is 9.97. The second-order valence-corrected chi connectivity index (χ2v) is 8.01. The van der Waals surface area contributed by atoms with Crippen molar-refractivity contribution in [3.8, 4) is 5.75 Å². The van der Waals surface area contributed by atoms with Gasteiger partial charge in [-0.2, -0.15) is 0 Å². The quantitative estimate of drug-likeness (QED) is 0.926. The van der Waals surface area contributed by atoms with E-state index in [2.05, 4.69) is 0 Å². The van der Waals surface area contributed by atoms with Crippen LogP contribution in [0, 0.1) is 0 Å². The number of hydrogen-bond acceptors (Lipinski definition) is 4. The third kappa shape index (κ3) is 3.73. The molecule has 0 radical (unpaired) electrons. The Labute approximate surface area is 121 Å². The summed E-state index contributed by atoms with van der Waals surface area (Å²) in [4.78, 5) is 0. The zero-order valence-electron chi connectivity index (χ0n) is 12.1. The maximum absolute atomic E-state index is 11.7. The fourth-order valence-corrected chi connectivity index (χ4v) is 3.90. The van der Waals surface area contributed by atoms with E-state index in [0.29, 0.717) is 6.42 Å². The number of rotatable bonds is 4. The van der Waals surface area contributed by atoms with E-state index in [4.69, 9.17) is 10.5 Å². The summed E-state index contributed by atoms with van der Waals surface area (Å²) in [5, 5.41) is -0.274. The van der Waals surface area contributed by atoms with E-state index in [-0.39, 0.29) is 17.4 Å². The van der Waals surface area contributed by atoms with E-state index in [1.165, 1.54) is 6.26 Å². The molecule has 0 aliphatic heterocycles. The number of para-hydroxylation sites is 1. The van der Waals surface area contributed by atoms with Crippen molar-refractivity contribution in [2.45, 2.75) is 50.0 Å². The maximum atomic E-state index is 11.7. The molecule has 0 saturated heterocycles. The molecule has 1 aliphatic carbocycles. The number of benzene rings is 1. The summed E-state index contributed by atoms with van der Waals surface area (Å²) in [5.41, 5.74) is 6.91. The van der Waals surface area contributed by atoms with Crippen molar-refractivity contribution in [3.63, 3.8) is 0 Å². The summed E-state index contributed by atoms with van der Waals surface area (Å²) in [6.45, 7) is 1.92. The fourth-order valence-electron chi connectivity index (χ4n) is 2.74. The van der Waals surface area contributed by atoms with Gasteiger partial charge in [-0.05, 0) is 32.3 Å². The highest BCUT2D eigenvalue weighted by Gasteiger charge is 2.30. The first-order valence-corrected chi connectivity index (χ1v) is 9.03. The van der Waals surface area contributed by atoms with Gasteiger partial charge in [0.05, 0.1) is 11.4 Å². The average molecular weight is 297 g/mol. The molecule has 112 valence electrons. The van der Waals surface area contributed by atoms with Gasteiger partial charge in [0.1, 0.15) is 15.6 Å². The first kappa shape index (κ1) is 15.3. The summed E-state index contributed by atoms with van der Waals surface area (Å²) < 4.78 is 29.4. The Bertz CT molecular complexity index is 554. The number of ether oxygens (including phenoxy) is 1. The average Bonchev–Trinajstić information content (AvgIpc) is 2.38. The summed E-state index contributed by atoms with van der Waals surface area (Å²) >= 11 is 0. The summed E-state index contributed by atoms with van der Waals surface area (Å²) in [7, 11) is -2.98. The Hall–Kier alpha value is -1.07. The highest BCUT2D eigenvalue weighted by molar-refractivity contribution is 7.91. The van der Waals surface area contributed by atoms with Gasteiger partial charge in [-0.25, -0.2) is 8.42 Å². The molecule has 20 heavy (non-hydrogen) atoms. The smallest absolute Gasteiger partial charge is 0.150 e. The molecular formula is C15H23NO3S. The highest BCUT2D eigenvalue weighted by Crippen LogP contribution is 2.30. The van der Waals surface area contributed by atoms with Crippen molar-refractivity contribution >= 4 is 9.84 Å². The van der Waals surface area contributed by atoms with Crippen LogP contribution in [0.5, 0.6) is 5.75 Å². The van der Waals surface area contributed by atoms with Gasteiger partial charge in [-0.1, -0.05) is 18.2 Å². The van der Waals surface area contributed by atoms with Gasteiger partial charge in [-0.3, -0.25) is 0 Å². The molecule has 4 nitrogen and oxygen atoms in total. The Balaban J connectivity index is 2.11. The van der Waals surface area contributed by atoms with E-state index in [9.17, 15) is 8.42 Å². The molecule has 0 heterocycles. The first-order valence-electron chi connectivity index (χ1n) is 7.08. The van der Waals surface area contributed by atoms with E-state index >= 15 is 0 Å². The molecule has 0 bridgehead atoms. The van der Waals surface area contributed by atoms with Gasteiger partial charge < -0.3 is 10.5 Å². The standard InChI is InChI=1S/C15H23NO3S/c1-11(16)14-8-3-4-9-15(14)19-12-6-5-7-13(10-12)20(2,17)18/h3-4,8-9,11-13H,5-7,10,16H2,1-2H3. The fraction of sp³-hybridized carbons (Fsp3) is 0.600. The zero-order chi connectivity index (χ0) is 14.8. The number of hydrogen-bond donors (Lipinski definition) is 1. The van der Waals surface area contributed by atoms with Crippen LogP contribution in [0.15, 0.2) is 24.3 Å². The third-order valence-electron chi connectivity index (χ3n) is 3.89. The predicted octanol–water partition coefficient (Wildman–Crippen LogP) is 2.44. The zero-order valence-corrected chi connectivity index (χ0v) is 12.9. The van der Waals surface area contributed by atoms with E-state index in [0.717, 1.165) is 30.6 Å². The first-order chi connectivity index (χ1) is 9.38. The van der Waals surface area contributed by atoms with Gasteiger partial charge >= 0.3 is 0 Å². The van der Waals surface area contributed by atoms with Crippen LogP contribution in [0.3, 0.4) is 0 Å². The molecule has 3 unspecified atom stereocenters. The molecule has 1 aliphatic rings. The second kappa shape index (κ2) is 6.14. The minimum Gasteiger partial charge on any atom is -0.490 e. The molecule has 0 amide bonds. The van der Waals surface area contributed by atoms with Crippen LogP contribution < -0.4 is 10.5 Å². The summed E-state index contributed by atoms with van der Waals surface area (Å²) in [6, 6.07) is 7.61. The molecule has 2 N–H and O–H groups in total. The predicted molar refractivity (Wildman–Crippen MR) is 80.6 cm³/mol. The van der Waals surface area contributed by atoms with Crippen molar-refractivity contribution in [1.82, 2.24) is 0 Å². The lowest BCUT2D eigenvalue weighted by Gasteiger charge is -2.29. The van der Waals surface area contributed by atoms with Crippen molar-refractivity contribution in [1.29, 1.82) is 0 Å². The van der Waals surface area contributed by atoms with E-state index in [1.54, 1.807) is 0 Å². The van der Waals surface area contributed by atoms with Gasteiger partial charge in [-0.15, -0.1) is 0 Å². The Kier molecular flexibility index (Phi) is 4.70. The molecule has 2 rings (SSSR count). The molecule has 0 spiro atoms. The van der Waals surface area contributed by atoms with Crippen LogP contribution in [0.25, 0.3) is 0 Å². The molecular weight excluding hydrogens is 274 g/mol. The molecule has 1 fully saturated rings. The van der Waals surface area contributed by atoms with Crippen molar-refractivity contribution < 1.29 is 13.2 Å². The van der Waals surface area contributed by atoms with E-state index < -0.39 is 9.84 Å². The second-order valence-electron chi connectivity index (χ2n) is 5.68. The van der Waals surface area contributed by atoms with Crippen LogP contribution in [0.2, 0.25) is 0 Å². The Morgan fingerprint density at radius 1 is 1.30 bits per heavy atom. The van der Waals surface area contributed by atoms with Crippen molar-refractivity contribution in [2.24, 2.45) is 5.73 Å². The minimum atomic E-state index is -2.98. The van der Waals surface area contributed by atoms with Gasteiger partial charge in [0.2, 0.25) is 0 Å². The maximum Gasteiger partial charge on any atom is 0.150 e. The summed E-state index contributed by atoms with van der Waals surface area (Å²) in [5.74, 6) is 0.779. The lowest BCUT2D eigenvalue weighted by molar-refractivity contribution is 0.154. The normalized spacial score (nSPS) is 25.1. The number of sulfone groups is 1. The summed E-state index contributed by atoms with van der Waals surface area (Å²) in [6.07, 6.45) is 4.39. The Morgan fingerprint density at radius 3 is 2.65 bits per heavy atom. The lowest BCUT2D eigenvalue weighted by Crippen LogP contribution is -2.33. The van der Waals surface area contributed by atoms with Gasteiger partial charge in [0, 0.05) is 24.3 Å². The SMILES string of the molecule is CC(N)c1ccccc1OC1CCCC(S(C)(=O)=O)C1. The molecule has 0 aromatic heterocycles. The molecule has 1 aromatic carbocycles. The highest BCUT2D eigenvalue weighted by atomic mass is 32.2. The van der Waals surface area contributed by atoms with Crippen molar-refractivity contribution in [3.05, 3.63) is 29.8 Å². The molecule has 1 saturated carbocycles. The van der Waals surface area contributed by atoms with Gasteiger partial charge in [0.15, 0.2) is 0 Å². The molecule has 3 atom stereocenters.